The highest BCUT2D eigenvalue weighted by molar-refractivity contribution is 5.91. The van der Waals surface area contributed by atoms with E-state index in [0.717, 1.165) is 71.9 Å². The van der Waals surface area contributed by atoms with Gasteiger partial charge in [-0.1, -0.05) is 47.7 Å². The van der Waals surface area contributed by atoms with Crippen LogP contribution in [0.1, 0.15) is 64.0 Å². The average molecular weight is 565 g/mol. The van der Waals surface area contributed by atoms with Gasteiger partial charge in [-0.15, -0.1) is 5.10 Å². The van der Waals surface area contributed by atoms with Gasteiger partial charge in [0.25, 0.3) is 0 Å². The van der Waals surface area contributed by atoms with Crippen LogP contribution in [0.25, 0.3) is 22.2 Å². The Hall–Kier alpha value is -4.22. The number of benzene rings is 3. The van der Waals surface area contributed by atoms with Crippen molar-refractivity contribution in [2.45, 2.75) is 83.5 Å². The number of aromatic nitrogens is 3. The van der Waals surface area contributed by atoms with Crippen LogP contribution in [-0.2, 0) is 17.7 Å². The molecule has 1 heterocycles. The van der Waals surface area contributed by atoms with Gasteiger partial charge in [0, 0.05) is 23.7 Å². The van der Waals surface area contributed by atoms with Crippen LogP contribution in [0.3, 0.4) is 0 Å². The normalized spacial score (nSPS) is 17.2. The highest BCUT2D eigenvalue weighted by atomic mass is 16.6. The lowest BCUT2D eigenvalue weighted by molar-refractivity contribution is 0.0354. The van der Waals surface area contributed by atoms with Gasteiger partial charge in [-0.05, 0) is 102 Å². The summed E-state index contributed by atoms with van der Waals surface area (Å²) in [7, 11) is 2.19. The van der Waals surface area contributed by atoms with E-state index in [0.29, 0.717) is 18.2 Å². The van der Waals surface area contributed by atoms with Crippen molar-refractivity contribution >= 4 is 22.8 Å². The third-order valence-corrected chi connectivity index (χ3v) is 8.41. The second kappa shape index (κ2) is 12.7. The monoisotopic (exact) mass is 564 g/mol. The second-order valence-corrected chi connectivity index (χ2v) is 12.2. The van der Waals surface area contributed by atoms with Crippen LogP contribution in [0.4, 0.5) is 10.5 Å². The summed E-state index contributed by atoms with van der Waals surface area (Å²) in [6.07, 6.45) is 4.98. The van der Waals surface area contributed by atoms with Crippen molar-refractivity contribution in [2.75, 3.05) is 12.4 Å². The summed E-state index contributed by atoms with van der Waals surface area (Å²) < 4.78 is 7.79. The van der Waals surface area contributed by atoms with Crippen molar-refractivity contribution in [2.24, 2.45) is 0 Å². The molecule has 1 saturated carbocycles. The fourth-order valence-corrected chi connectivity index (χ4v) is 5.75. The molecule has 1 aromatic heterocycles. The number of aryl methyl sites for hydroxylation is 2. The van der Waals surface area contributed by atoms with E-state index in [-0.39, 0.29) is 11.6 Å². The quantitative estimate of drug-likeness (QED) is 0.243. The van der Waals surface area contributed by atoms with Crippen molar-refractivity contribution in [1.82, 2.24) is 19.9 Å². The van der Waals surface area contributed by atoms with Gasteiger partial charge in [0.1, 0.15) is 11.6 Å². The van der Waals surface area contributed by atoms with Gasteiger partial charge in [0.15, 0.2) is 0 Å². The molecular weight excluding hydrogens is 524 g/mol. The first-order chi connectivity index (χ1) is 20.2. The zero-order chi connectivity index (χ0) is 29.7. The van der Waals surface area contributed by atoms with Crippen molar-refractivity contribution < 1.29 is 9.53 Å². The van der Waals surface area contributed by atoms with Crippen molar-refractivity contribution in [3.05, 3.63) is 77.9 Å². The van der Waals surface area contributed by atoms with Gasteiger partial charge in [-0.3, -0.25) is 10.2 Å². The number of anilines is 1. The molecule has 0 spiro atoms. The Bertz CT molecular complexity index is 1560. The summed E-state index contributed by atoms with van der Waals surface area (Å²) in [6, 6.07) is 24.4. The summed E-state index contributed by atoms with van der Waals surface area (Å²) in [5.41, 5.74) is 6.20. The largest absolute Gasteiger partial charge is 0.446 e. The Kier molecular flexibility index (Phi) is 8.89. The van der Waals surface area contributed by atoms with Gasteiger partial charge in [-0.25, -0.2) is 9.48 Å². The van der Waals surface area contributed by atoms with E-state index in [4.69, 9.17) is 10.00 Å². The van der Waals surface area contributed by atoms with E-state index in [1.165, 1.54) is 0 Å². The second-order valence-electron chi connectivity index (χ2n) is 12.2. The molecule has 0 saturated heterocycles. The Labute approximate surface area is 248 Å². The van der Waals surface area contributed by atoms with E-state index >= 15 is 0 Å². The van der Waals surface area contributed by atoms with Gasteiger partial charge in [-0.2, -0.15) is 5.26 Å². The number of fused-ring (bicyclic) bond motifs is 1. The first kappa shape index (κ1) is 29.3. The van der Waals surface area contributed by atoms with Crippen LogP contribution in [-0.4, -0.2) is 50.7 Å². The Morgan fingerprint density at radius 1 is 1.07 bits per heavy atom. The van der Waals surface area contributed by atoms with Gasteiger partial charge in [0.2, 0.25) is 0 Å². The average Bonchev–Trinajstić information content (AvgIpc) is 3.39. The zero-order valence-corrected chi connectivity index (χ0v) is 25.0. The molecular formula is C34H40N6O2. The standard InChI is InChI=1S/C34H40N6O2/c1-34(2,3)39(4)27-14-16-28(17-15-27)42-33(41)36-30-21-24(12-18-29(30)26-10-6-5-7-11-26)9-8-20-40-32-19-13-25(23-35)22-31(32)37-38-40/h5-7,10-13,18-19,21-22,27-28H,8-9,14-17,20H2,1-4H3,(H,36,41)/t27-,28-. The van der Waals surface area contributed by atoms with Crippen molar-refractivity contribution in [1.29, 1.82) is 5.26 Å². The van der Waals surface area contributed by atoms with E-state index < -0.39 is 6.09 Å². The summed E-state index contributed by atoms with van der Waals surface area (Å²) in [5, 5.41) is 20.7. The molecule has 5 rings (SSSR count). The van der Waals surface area contributed by atoms with Gasteiger partial charge < -0.3 is 4.74 Å². The third kappa shape index (κ3) is 6.97. The third-order valence-electron chi connectivity index (χ3n) is 8.41. The smallest absolute Gasteiger partial charge is 0.411 e. The SMILES string of the molecule is CN([C@H]1CC[C@H](OC(=O)Nc2cc(CCCn3nnc4cc(C#N)ccc43)ccc2-c2ccccc2)CC1)C(C)(C)C. The van der Waals surface area contributed by atoms with Crippen LogP contribution >= 0.6 is 0 Å². The number of carbonyl (C=O) groups excluding carboxylic acids is 1. The predicted octanol–water partition coefficient (Wildman–Crippen LogP) is 7.19. The maximum Gasteiger partial charge on any atom is 0.411 e. The molecule has 1 amide bonds. The molecule has 1 aliphatic carbocycles. The number of hydrogen-bond donors (Lipinski definition) is 1. The van der Waals surface area contributed by atoms with Crippen LogP contribution in [0.2, 0.25) is 0 Å². The van der Waals surface area contributed by atoms with E-state index in [1.807, 2.05) is 41.1 Å². The molecule has 42 heavy (non-hydrogen) atoms. The fourth-order valence-electron chi connectivity index (χ4n) is 5.75. The molecule has 3 aromatic carbocycles. The highest BCUT2D eigenvalue weighted by Gasteiger charge is 2.31. The van der Waals surface area contributed by atoms with E-state index in [9.17, 15) is 4.79 Å². The molecule has 1 fully saturated rings. The molecule has 218 valence electrons. The fraction of sp³-hybridized carbons (Fsp3) is 0.412. The lowest BCUT2D eigenvalue weighted by Crippen LogP contribution is -2.47. The predicted molar refractivity (Wildman–Crippen MR) is 166 cm³/mol. The number of carbonyl (C=O) groups is 1. The highest BCUT2D eigenvalue weighted by Crippen LogP contribution is 2.31. The number of nitriles is 1. The summed E-state index contributed by atoms with van der Waals surface area (Å²) in [6.45, 7) is 7.42. The van der Waals surface area contributed by atoms with E-state index in [2.05, 4.69) is 72.6 Å². The van der Waals surface area contributed by atoms with Gasteiger partial charge >= 0.3 is 6.09 Å². The number of hydrogen-bond acceptors (Lipinski definition) is 6. The molecule has 1 aliphatic rings. The Balaban J connectivity index is 1.24. The number of amides is 1. The van der Waals surface area contributed by atoms with Crippen molar-refractivity contribution in [3.63, 3.8) is 0 Å². The molecule has 0 atom stereocenters. The van der Waals surface area contributed by atoms with Crippen molar-refractivity contribution in [3.8, 4) is 17.2 Å². The molecule has 0 aliphatic heterocycles. The lowest BCUT2D eigenvalue weighted by atomic mass is 9.89. The number of nitrogens with zero attached hydrogens (tertiary/aromatic N) is 5. The molecule has 4 aromatic rings. The molecule has 1 N–H and O–H groups in total. The number of rotatable bonds is 8. The molecule has 8 heteroatoms. The summed E-state index contributed by atoms with van der Waals surface area (Å²) in [5.74, 6) is 0. The molecule has 0 radical (unpaired) electrons. The van der Waals surface area contributed by atoms with Crippen LogP contribution in [0, 0.1) is 11.3 Å². The van der Waals surface area contributed by atoms with Crippen LogP contribution in [0.15, 0.2) is 66.7 Å². The van der Waals surface area contributed by atoms with Gasteiger partial charge in [0.05, 0.1) is 22.8 Å². The Morgan fingerprint density at radius 2 is 1.83 bits per heavy atom. The molecule has 0 bridgehead atoms. The summed E-state index contributed by atoms with van der Waals surface area (Å²) in [4.78, 5) is 15.5. The first-order valence-corrected chi connectivity index (χ1v) is 14.8. The number of nitrogens with one attached hydrogen (secondary N) is 1. The minimum Gasteiger partial charge on any atom is -0.446 e. The maximum absolute atomic E-state index is 13.1. The van der Waals surface area contributed by atoms with E-state index in [1.54, 1.807) is 12.1 Å². The maximum atomic E-state index is 13.1. The minimum absolute atomic E-state index is 0.0697. The lowest BCUT2D eigenvalue weighted by Gasteiger charge is -2.41. The summed E-state index contributed by atoms with van der Waals surface area (Å²) >= 11 is 0. The topological polar surface area (TPSA) is 96.1 Å². The molecule has 0 unspecified atom stereocenters. The molecule has 8 nitrogen and oxygen atoms in total. The van der Waals surface area contributed by atoms with Crippen LogP contribution < -0.4 is 5.32 Å². The zero-order valence-electron chi connectivity index (χ0n) is 25.0. The number of ether oxygens (including phenoxy) is 1. The Morgan fingerprint density at radius 3 is 2.55 bits per heavy atom. The van der Waals surface area contributed by atoms with Crippen LogP contribution in [0.5, 0.6) is 0 Å². The minimum atomic E-state index is -0.400. The first-order valence-electron chi connectivity index (χ1n) is 14.8.